The van der Waals surface area contributed by atoms with E-state index < -0.39 is 11.0 Å². The third kappa shape index (κ3) is 5.62. The number of fused-ring (bicyclic) bond motifs is 1. The fourth-order valence-electron chi connectivity index (χ4n) is 4.56. The molecule has 41 heavy (non-hydrogen) atoms. The van der Waals surface area contributed by atoms with Gasteiger partial charge in [-0.15, -0.1) is 0 Å². The van der Waals surface area contributed by atoms with Crippen LogP contribution in [0.4, 0.5) is 5.69 Å². The zero-order valence-corrected chi connectivity index (χ0v) is 22.3. The minimum Gasteiger partial charge on any atom is -0.495 e. The van der Waals surface area contributed by atoms with Crippen LogP contribution in [0.2, 0.25) is 0 Å². The monoisotopic (exact) mass is 550 g/mol. The second-order valence-electron chi connectivity index (χ2n) is 9.20. The van der Waals surface area contributed by atoms with E-state index in [0.29, 0.717) is 39.5 Å². The van der Waals surface area contributed by atoms with Crippen LogP contribution in [0.3, 0.4) is 0 Å². The lowest BCUT2D eigenvalue weighted by Gasteiger charge is -2.29. The molecule has 10 nitrogen and oxygen atoms in total. The Morgan fingerprint density at radius 1 is 1.07 bits per heavy atom. The van der Waals surface area contributed by atoms with Gasteiger partial charge in [0.15, 0.2) is 0 Å². The third-order valence-corrected chi connectivity index (χ3v) is 6.68. The van der Waals surface area contributed by atoms with Crippen molar-refractivity contribution in [2.24, 2.45) is 0 Å². The summed E-state index contributed by atoms with van der Waals surface area (Å²) in [5.41, 5.74) is 1.26. The van der Waals surface area contributed by atoms with Gasteiger partial charge in [-0.1, -0.05) is 24.3 Å². The van der Waals surface area contributed by atoms with E-state index in [-0.39, 0.29) is 23.7 Å². The number of hydrogen-bond donors (Lipinski definition) is 0. The molecule has 0 aliphatic carbocycles. The predicted octanol–water partition coefficient (Wildman–Crippen LogP) is 5.70. The molecule has 10 heteroatoms. The van der Waals surface area contributed by atoms with Gasteiger partial charge in [0, 0.05) is 18.2 Å². The van der Waals surface area contributed by atoms with Gasteiger partial charge in [-0.25, -0.2) is 4.98 Å². The number of carbonyl (C=O) groups is 1. The van der Waals surface area contributed by atoms with Crippen LogP contribution in [0.25, 0.3) is 22.7 Å². The predicted molar refractivity (Wildman–Crippen MR) is 154 cm³/mol. The first-order valence-electron chi connectivity index (χ1n) is 12.8. The summed E-state index contributed by atoms with van der Waals surface area (Å²) in [5, 5.41) is 11.4. The molecule has 0 bridgehead atoms. The first kappa shape index (κ1) is 27.1. The molecule has 0 saturated carbocycles. The molecule has 0 fully saturated rings. The van der Waals surface area contributed by atoms with E-state index in [1.807, 2.05) is 0 Å². The van der Waals surface area contributed by atoms with Crippen molar-refractivity contribution in [3.05, 3.63) is 135 Å². The van der Waals surface area contributed by atoms with Crippen LogP contribution in [0.15, 0.2) is 106 Å². The van der Waals surface area contributed by atoms with E-state index in [1.54, 1.807) is 90.7 Å². The van der Waals surface area contributed by atoms with Crippen LogP contribution >= 0.6 is 0 Å². The number of non-ortho nitro benzene ring substituents is 1. The second-order valence-corrected chi connectivity index (χ2v) is 9.20. The molecule has 5 rings (SSSR count). The zero-order valence-electron chi connectivity index (χ0n) is 22.3. The van der Waals surface area contributed by atoms with Gasteiger partial charge in [0.25, 0.3) is 11.2 Å². The summed E-state index contributed by atoms with van der Waals surface area (Å²) in [4.78, 5) is 44.5. The zero-order chi connectivity index (χ0) is 28.9. The number of carbonyl (C=O) groups excluding carboxylic acids is 1. The SMILES string of the molecule is COc1ccccc1-n1c(C(C)N(Cc2ccco2)C(=O)/C=C/c2ccc([N+](=O)[O-])cc2)nc2ccccc2c1=O. The van der Waals surface area contributed by atoms with Crippen molar-refractivity contribution >= 4 is 28.6 Å². The van der Waals surface area contributed by atoms with E-state index in [9.17, 15) is 19.7 Å². The van der Waals surface area contributed by atoms with Gasteiger partial charge in [-0.05, 0) is 67.1 Å². The number of furan rings is 1. The molecule has 0 spiro atoms. The van der Waals surface area contributed by atoms with Gasteiger partial charge < -0.3 is 14.1 Å². The average molecular weight is 551 g/mol. The van der Waals surface area contributed by atoms with E-state index in [4.69, 9.17) is 14.1 Å². The van der Waals surface area contributed by atoms with Crippen LogP contribution < -0.4 is 10.3 Å². The number of nitro benzene ring substituents is 1. The lowest BCUT2D eigenvalue weighted by atomic mass is 10.1. The largest absolute Gasteiger partial charge is 0.495 e. The quantitative estimate of drug-likeness (QED) is 0.131. The molecular weight excluding hydrogens is 524 g/mol. The van der Waals surface area contributed by atoms with Gasteiger partial charge in [0.2, 0.25) is 5.91 Å². The minimum absolute atomic E-state index is 0.0433. The Morgan fingerprint density at radius 2 is 1.80 bits per heavy atom. The number of aromatic nitrogens is 2. The highest BCUT2D eigenvalue weighted by molar-refractivity contribution is 5.92. The molecule has 5 aromatic rings. The minimum atomic E-state index is -0.698. The second kappa shape index (κ2) is 11.7. The number of nitro groups is 1. The summed E-state index contributed by atoms with van der Waals surface area (Å²) in [6, 6.07) is 22.8. The Balaban J connectivity index is 1.61. The molecule has 1 amide bonds. The lowest BCUT2D eigenvalue weighted by Crippen LogP contribution is -2.36. The highest BCUT2D eigenvalue weighted by Gasteiger charge is 2.27. The van der Waals surface area contributed by atoms with Crippen molar-refractivity contribution < 1.29 is 18.9 Å². The Hall–Kier alpha value is -5.51. The summed E-state index contributed by atoms with van der Waals surface area (Å²) in [6.07, 6.45) is 4.48. The highest BCUT2D eigenvalue weighted by Crippen LogP contribution is 2.29. The molecule has 2 aromatic heterocycles. The standard InChI is InChI=1S/C31H26N4O6/c1-21(30-32-26-10-4-3-9-25(26)31(37)34(30)27-11-5-6-12-28(27)40-2)33(20-24-8-7-19-41-24)29(36)18-15-22-13-16-23(17-14-22)35(38)39/h3-19,21H,20H2,1-2H3/b18-15+. The first-order valence-corrected chi connectivity index (χ1v) is 12.8. The molecule has 2 heterocycles. The molecule has 3 aromatic carbocycles. The van der Waals surface area contributed by atoms with Crippen molar-refractivity contribution in [1.82, 2.24) is 14.5 Å². The van der Waals surface area contributed by atoms with Crippen LogP contribution in [0.5, 0.6) is 5.75 Å². The maximum atomic E-state index is 13.9. The Morgan fingerprint density at radius 3 is 2.51 bits per heavy atom. The Bertz CT molecular complexity index is 1790. The third-order valence-electron chi connectivity index (χ3n) is 6.68. The molecular formula is C31H26N4O6. The van der Waals surface area contributed by atoms with Gasteiger partial charge in [-0.2, -0.15) is 0 Å². The summed E-state index contributed by atoms with van der Waals surface area (Å²) >= 11 is 0. The van der Waals surface area contributed by atoms with Gasteiger partial charge in [0.05, 0.1) is 47.5 Å². The highest BCUT2D eigenvalue weighted by atomic mass is 16.6. The summed E-state index contributed by atoms with van der Waals surface area (Å²) in [6.45, 7) is 1.90. The maximum Gasteiger partial charge on any atom is 0.269 e. The van der Waals surface area contributed by atoms with Crippen molar-refractivity contribution in [2.45, 2.75) is 19.5 Å². The number of ether oxygens (including phenoxy) is 1. The van der Waals surface area contributed by atoms with E-state index in [1.165, 1.54) is 36.1 Å². The molecule has 0 aliphatic rings. The molecule has 206 valence electrons. The normalized spacial score (nSPS) is 12.0. The van der Waals surface area contributed by atoms with E-state index >= 15 is 0 Å². The maximum absolute atomic E-state index is 13.9. The van der Waals surface area contributed by atoms with Crippen molar-refractivity contribution in [1.29, 1.82) is 0 Å². The molecule has 0 radical (unpaired) electrons. The summed E-state index contributed by atoms with van der Waals surface area (Å²) in [5.74, 6) is 0.978. The van der Waals surface area contributed by atoms with Crippen molar-refractivity contribution in [2.75, 3.05) is 7.11 Å². The first-order chi connectivity index (χ1) is 19.9. The fourth-order valence-corrected chi connectivity index (χ4v) is 4.56. The number of methoxy groups -OCH3 is 1. The Labute approximate surface area is 234 Å². The average Bonchev–Trinajstić information content (AvgIpc) is 3.52. The smallest absolute Gasteiger partial charge is 0.269 e. The number of hydrogen-bond acceptors (Lipinski definition) is 7. The molecule has 0 N–H and O–H groups in total. The van der Waals surface area contributed by atoms with Crippen LogP contribution in [0.1, 0.15) is 30.1 Å². The molecule has 1 unspecified atom stereocenters. The molecule has 0 saturated heterocycles. The topological polar surface area (TPSA) is 121 Å². The van der Waals surface area contributed by atoms with Crippen LogP contribution in [-0.2, 0) is 11.3 Å². The molecule has 1 atom stereocenters. The summed E-state index contributed by atoms with van der Waals surface area (Å²) in [7, 11) is 1.52. The number of rotatable bonds is 9. The summed E-state index contributed by atoms with van der Waals surface area (Å²) < 4.78 is 12.6. The van der Waals surface area contributed by atoms with Crippen LogP contribution in [0, 0.1) is 10.1 Å². The van der Waals surface area contributed by atoms with Gasteiger partial charge >= 0.3 is 0 Å². The van der Waals surface area contributed by atoms with E-state index in [2.05, 4.69) is 0 Å². The van der Waals surface area contributed by atoms with Crippen molar-refractivity contribution in [3.8, 4) is 11.4 Å². The lowest BCUT2D eigenvalue weighted by molar-refractivity contribution is -0.384. The number of amides is 1. The molecule has 0 aliphatic heterocycles. The van der Waals surface area contributed by atoms with Crippen LogP contribution in [-0.4, -0.2) is 32.4 Å². The van der Waals surface area contributed by atoms with E-state index in [0.717, 1.165) is 0 Å². The Kier molecular flexibility index (Phi) is 7.73. The van der Waals surface area contributed by atoms with Gasteiger partial charge in [-0.3, -0.25) is 24.3 Å². The number of para-hydroxylation sites is 3. The van der Waals surface area contributed by atoms with Gasteiger partial charge in [0.1, 0.15) is 17.3 Å². The fraction of sp³-hybridized carbons (Fsp3) is 0.129. The van der Waals surface area contributed by atoms with Crippen molar-refractivity contribution in [3.63, 3.8) is 0 Å². The number of benzene rings is 3. The number of nitrogens with zero attached hydrogens (tertiary/aromatic N) is 4.